The van der Waals surface area contributed by atoms with Gasteiger partial charge in [-0.1, -0.05) is 34.6 Å². The SMILES string of the molecule is COC(=O)CC1C2(C)CC34OC5(C)OC67C(/C(=C(/OC(=O)CCl)C(C)C)C(=O)OC6C3(O)C2OC(C)=O)C(C)(C(OC(C)=O)c2ccoc2)CCC7(O5)C14C. The first kappa shape index (κ1) is 38.4. The summed E-state index contributed by atoms with van der Waals surface area (Å²) in [4.78, 5) is 67.6. The molecule has 4 bridgehead atoms. The molecular weight excluding hydrogens is 744 g/mol. The predicted octanol–water partition coefficient (Wildman–Crippen LogP) is 4.17. The van der Waals surface area contributed by atoms with Crippen molar-refractivity contribution < 1.29 is 71.4 Å². The van der Waals surface area contributed by atoms with E-state index in [0.717, 1.165) is 0 Å². The van der Waals surface area contributed by atoms with Crippen molar-refractivity contribution in [2.24, 2.45) is 34.0 Å². The number of carbonyl (C=O) groups excluding carboxylic acids is 5. The van der Waals surface area contributed by atoms with Gasteiger partial charge in [-0.05, 0) is 31.2 Å². The number of carbonyl (C=O) groups is 5. The van der Waals surface area contributed by atoms with E-state index in [1.165, 1.54) is 33.5 Å². The third kappa shape index (κ3) is 4.18. The van der Waals surface area contributed by atoms with Crippen LogP contribution in [0.15, 0.2) is 34.3 Å². The Morgan fingerprint density at radius 3 is 2.27 bits per heavy atom. The lowest BCUT2D eigenvalue weighted by Gasteiger charge is -2.77. The second-order valence-electron chi connectivity index (χ2n) is 17.5. The number of ether oxygens (including phenoxy) is 8. The molecule has 0 radical (unpaired) electrons. The molecular formula is C39H47ClO15. The molecule has 15 nitrogen and oxygen atoms in total. The van der Waals surface area contributed by atoms with Crippen molar-refractivity contribution in [3.63, 3.8) is 0 Å². The van der Waals surface area contributed by atoms with Crippen molar-refractivity contribution in [3.05, 3.63) is 35.5 Å². The lowest BCUT2D eigenvalue weighted by molar-refractivity contribution is -0.478. The summed E-state index contributed by atoms with van der Waals surface area (Å²) in [7, 11) is 1.28. The van der Waals surface area contributed by atoms with Gasteiger partial charge in [0.15, 0.2) is 17.3 Å². The Morgan fingerprint density at radius 1 is 1.00 bits per heavy atom. The molecule has 7 fully saturated rings. The smallest absolute Gasteiger partial charge is 0.338 e. The Hall–Kier alpha value is -3.50. The molecule has 13 atom stereocenters. The predicted molar refractivity (Wildman–Crippen MR) is 184 cm³/mol. The summed E-state index contributed by atoms with van der Waals surface area (Å²) in [5.74, 6) is -8.82. The van der Waals surface area contributed by atoms with E-state index in [4.69, 9.17) is 53.9 Å². The van der Waals surface area contributed by atoms with Gasteiger partial charge in [-0.25, -0.2) is 4.79 Å². The quantitative estimate of drug-likeness (QED) is 0.123. The van der Waals surface area contributed by atoms with Gasteiger partial charge in [-0.3, -0.25) is 19.2 Å². The molecule has 4 heterocycles. The minimum Gasteiger partial charge on any atom is -0.472 e. The van der Waals surface area contributed by atoms with Crippen molar-refractivity contribution in [3.8, 4) is 0 Å². The lowest BCUT2D eigenvalue weighted by Crippen LogP contribution is -2.94. The zero-order chi connectivity index (χ0) is 40.1. The summed E-state index contributed by atoms with van der Waals surface area (Å²) in [6.07, 6.45) is -1.04. The van der Waals surface area contributed by atoms with Crippen LogP contribution < -0.4 is 0 Å². The van der Waals surface area contributed by atoms with Crippen LogP contribution in [0, 0.1) is 34.0 Å². The second-order valence-corrected chi connectivity index (χ2v) is 17.7. The molecule has 1 aromatic rings. The van der Waals surface area contributed by atoms with E-state index in [1.54, 1.807) is 26.8 Å². The fourth-order valence-corrected chi connectivity index (χ4v) is 13.3. The Morgan fingerprint density at radius 2 is 1.69 bits per heavy atom. The number of furan rings is 1. The van der Waals surface area contributed by atoms with Gasteiger partial charge in [0.1, 0.15) is 35.0 Å². The first-order valence-electron chi connectivity index (χ1n) is 18.6. The highest BCUT2D eigenvalue weighted by Crippen LogP contribution is 2.90. The van der Waals surface area contributed by atoms with Crippen LogP contribution in [0.5, 0.6) is 0 Å². The van der Waals surface area contributed by atoms with E-state index in [0.29, 0.717) is 5.56 Å². The Kier molecular flexibility index (Phi) is 8.06. The Bertz CT molecular complexity index is 1930. The van der Waals surface area contributed by atoms with Gasteiger partial charge in [-0.15, -0.1) is 11.6 Å². The van der Waals surface area contributed by atoms with E-state index in [2.05, 4.69) is 0 Å². The van der Waals surface area contributed by atoms with Crippen LogP contribution in [0.25, 0.3) is 0 Å². The minimum atomic E-state index is -2.31. The van der Waals surface area contributed by atoms with Gasteiger partial charge in [0.05, 0.1) is 25.2 Å². The zero-order valence-corrected chi connectivity index (χ0v) is 33.0. The van der Waals surface area contributed by atoms with Crippen LogP contribution in [0.1, 0.15) is 92.7 Å². The molecule has 1 aromatic heterocycles. The molecule has 8 rings (SSSR count). The fourth-order valence-electron chi connectivity index (χ4n) is 13.2. The van der Waals surface area contributed by atoms with Gasteiger partial charge < -0.3 is 47.4 Å². The lowest BCUT2D eigenvalue weighted by atomic mass is 9.33. The normalized spacial score (nSPS) is 46.8. The van der Waals surface area contributed by atoms with Crippen LogP contribution in [0.4, 0.5) is 0 Å². The summed E-state index contributed by atoms with van der Waals surface area (Å²) in [5, 5.41) is 13.8. The van der Waals surface area contributed by atoms with E-state index in [-0.39, 0.29) is 37.0 Å². The maximum Gasteiger partial charge on any atom is 0.338 e. The van der Waals surface area contributed by atoms with E-state index in [1.807, 2.05) is 20.8 Å². The van der Waals surface area contributed by atoms with Crippen LogP contribution in [0.2, 0.25) is 0 Å². The topological polar surface area (TPSA) is 193 Å². The number of fused-ring (bicyclic) bond motifs is 3. The van der Waals surface area contributed by atoms with Crippen LogP contribution in [-0.2, 0) is 61.9 Å². The number of hydrogen-bond acceptors (Lipinski definition) is 15. The highest BCUT2D eigenvalue weighted by atomic mass is 35.5. The summed E-state index contributed by atoms with van der Waals surface area (Å²) in [5.41, 5.74) is -10.9. The summed E-state index contributed by atoms with van der Waals surface area (Å²) in [6.45, 7) is 13.1. The molecule has 0 amide bonds. The highest BCUT2D eigenvalue weighted by molar-refractivity contribution is 6.26. The summed E-state index contributed by atoms with van der Waals surface area (Å²) >= 11 is 5.96. The molecule has 4 aliphatic carbocycles. The number of allylic oxidation sites excluding steroid dienone is 1. The van der Waals surface area contributed by atoms with Crippen LogP contribution in [0.3, 0.4) is 0 Å². The van der Waals surface area contributed by atoms with Gasteiger partial charge in [0.2, 0.25) is 0 Å². The molecule has 3 aliphatic heterocycles. The first-order chi connectivity index (χ1) is 25.6. The third-order valence-corrected chi connectivity index (χ3v) is 14.7. The molecule has 7 aliphatic rings. The number of rotatable bonds is 9. The first-order valence-corrected chi connectivity index (χ1v) is 19.1. The monoisotopic (exact) mass is 790 g/mol. The molecule has 1 N–H and O–H groups in total. The number of aliphatic hydroxyl groups is 1. The Labute approximate surface area is 322 Å². The van der Waals surface area contributed by atoms with Crippen molar-refractivity contribution in [1.29, 1.82) is 0 Å². The number of hydrogen-bond donors (Lipinski definition) is 1. The maximum absolute atomic E-state index is 15.1. The van der Waals surface area contributed by atoms with Crippen LogP contribution >= 0.6 is 11.6 Å². The molecule has 0 aromatic carbocycles. The Balaban J connectivity index is 1.52. The number of alkyl halides is 1. The van der Waals surface area contributed by atoms with E-state index >= 15 is 4.79 Å². The van der Waals surface area contributed by atoms with Crippen molar-refractivity contribution in [2.45, 2.75) is 128 Å². The van der Waals surface area contributed by atoms with Gasteiger partial charge >= 0.3 is 29.8 Å². The van der Waals surface area contributed by atoms with E-state index < -0.39 is 116 Å². The third-order valence-electron chi connectivity index (χ3n) is 14.5. The summed E-state index contributed by atoms with van der Waals surface area (Å²) in [6, 6.07) is 1.65. The van der Waals surface area contributed by atoms with Crippen LogP contribution in [-0.4, -0.2) is 88.5 Å². The highest BCUT2D eigenvalue weighted by Gasteiger charge is 3.04. The van der Waals surface area contributed by atoms with Crippen molar-refractivity contribution in [1.82, 2.24) is 0 Å². The molecule has 3 spiro atoms. The van der Waals surface area contributed by atoms with Crippen molar-refractivity contribution in [2.75, 3.05) is 13.0 Å². The average Bonchev–Trinajstić information content (AvgIpc) is 3.80. The average molecular weight is 791 g/mol. The zero-order valence-electron chi connectivity index (χ0n) is 32.3. The standard InChI is InChI=1S/C39H47ClO15/c1-18(2)26(51-24(44)15-40)25-27-32(5,28(49-19(3)41)21-10-13-48-16-21)11-12-36-34(7)22(14-23(43)47-9)33(6)17-37(34)38(46,30(33)50-20(4)42)31(52-29(25)45)39(27,36)55-35(8,53-36)54-37/h10,13,16,18,22,27-28,30-31,46H,11-12,14-15,17H2,1-9H3/b26-25-. The minimum absolute atomic E-state index is 0.0665. The molecule has 300 valence electrons. The summed E-state index contributed by atoms with van der Waals surface area (Å²) < 4.78 is 56.9. The fraction of sp³-hybridized carbons (Fsp3) is 0.718. The van der Waals surface area contributed by atoms with E-state index in [9.17, 15) is 24.3 Å². The van der Waals surface area contributed by atoms with Crippen molar-refractivity contribution >= 4 is 41.4 Å². The number of esters is 5. The number of methoxy groups -OCH3 is 1. The molecule has 3 saturated heterocycles. The van der Waals surface area contributed by atoms with Gasteiger partial charge in [0.25, 0.3) is 5.97 Å². The molecule has 16 heteroatoms. The molecule has 13 unspecified atom stereocenters. The molecule has 55 heavy (non-hydrogen) atoms. The second kappa shape index (κ2) is 11.6. The number of halogens is 1. The van der Waals surface area contributed by atoms with Gasteiger partial charge in [-0.2, -0.15) is 0 Å². The maximum atomic E-state index is 15.1. The van der Waals surface area contributed by atoms with Gasteiger partial charge in [0, 0.05) is 60.8 Å². The molecule has 4 saturated carbocycles. The largest absolute Gasteiger partial charge is 0.472 e.